The summed E-state index contributed by atoms with van der Waals surface area (Å²) in [4.78, 5) is 22.6. The fraction of sp³-hybridized carbons (Fsp3) is 0.444. The summed E-state index contributed by atoms with van der Waals surface area (Å²) in [6, 6.07) is 5.65. The van der Waals surface area contributed by atoms with Crippen LogP contribution < -0.4 is 4.74 Å². The zero-order chi connectivity index (χ0) is 19.0. The van der Waals surface area contributed by atoms with Crippen molar-refractivity contribution >= 4 is 21.9 Å². The maximum Gasteiger partial charge on any atom is 0.318 e. The third kappa shape index (κ3) is 5.67. The van der Waals surface area contributed by atoms with Crippen LogP contribution in [0.1, 0.15) is 45.4 Å². The number of hydrogen-bond donors (Lipinski definition) is 0. The molecule has 1 aromatic rings. The van der Waals surface area contributed by atoms with Gasteiger partial charge in [0.05, 0.1) is 11.5 Å². The first kappa shape index (κ1) is 20.1. The Labute approximate surface area is 153 Å². The largest absolute Gasteiger partial charge is 0.494 e. The molecule has 2 amide bonds. The minimum atomic E-state index is -4.28. The van der Waals surface area contributed by atoms with Crippen LogP contribution in [0.2, 0.25) is 0 Å². The highest BCUT2D eigenvalue weighted by atomic mass is 32.2. The van der Waals surface area contributed by atoms with Crippen molar-refractivity contribution in [3.05, 3.63) is 36.4 Å². The van der Waals surface area contributed by atoms with E-state index in [2.05, 4.69) is 11.2 Å². The number of amides is 2. The summed E-state index contributed by atoms with van der Waals surface area (Å²) in [5.41, 5.74) is 0. The molecule has 0 spiro atoms. The van der Waals surface area contributed by atoms with E-state index in [1.54, 1.807) is 0 Å². The average molecular weight is 381 g/mol. The summed E-state index contributed by atoms with van der Waals surface area (Å²) in [5, 5.41) is 0.207. The Morgan fingerprint density at radius 2 is 1.46 bits per heavy atom. The molecular formula is C18H23NO6S. The number of carbonyl (C=O) groups is 2. The first-order chi connectivity index (χ1) is 12.4. The molecule has 1 aliphatic rings. The highest BCUT2D eigenvalue weighted by Gasteiger charge is 2.31. The van der Waals surface area contributed by atoms with E-state index in [9.17, 15) is 18.0 Å². The predicted molar refractivity (Wildman–Crippen MR) is 94.6 cm³/mol. The molecule has 0 N–H and O–H groups in total. The number of unbranched alkanes of at least 4 members (excludes halogenated alkanes) is 5. The fourth-order valence-corrected chi connectivity index (χ4v) is 3.27. The van der Waals surface area contributed by atoms with Gasteiger partial charge in [-0.2, -0.15) is 8.42 Å². The number of nitrogens with zero attached hydrogens (tertiary/aromatic N) is 1. The Bertz CT molecular complexity index is 736. The molecule has 0 fully saturated rings. The number of benzene rings is 1. The summed E-state index contributed by atoms with van der Waals surface area (Å²) in [7, 11) is -4.28. The number of hydroxylamine groups is 2. The van der Waals surface area contributed by atoms with Gasteiger partial charge < -0.3 is 4.74 Å². The normalized spacial score (nSPS) is 14.3. The van der Waals surface area contributed by atoms with Gasteiger partial charge in [-0.3, -0.25) is 9.59 Å². The molecule has 2 rings (SSSR count). The lowest BCUT2D eigenvalue weighted by atomic mass is 10.1. The van der Waals surface area contributed by atoms with Gasteiger partial charge >= 0.3 is 10.1 Å². The maximum atomic E-state index is 12.1. The third-order valence-corrected chi connectivity index (χ3v) is 5.02. The van der Waals surface area contributed by atoms with E-state index in [0.717, 1.165) is 25.0 Å². The molecule has 0 saturated carbocycles. The van der Waals surface area contributed by atoms with Gasteiger partial charge in [-0.1, -0.05) is 39.0 Å². The van der Waals surface area contributed by atoms with Gasteiger partial charge in [0, 0.05) is 12.2 Å². The predicted octanol–water partition coefficient (Wildman–Crippen LogP) is 2.97. The molecule has 0 aromatic heterocycles. The second-order valence-corrected chi connectivity index (χ2v) is 7.45. The first-order valence-corrected chi connectivity index (χ1v) is 10.1. The zero-order valence-electron chi connectivity index (χ0n) is 14.7. The maximum absolute atomic E-state index is 12.1. The topological polar surface area (TPSA) is 90.0 Å². The number of carbonyl (C=O) groups excluding carboxylic acids is 2. The van der Waals surface area contributed by atoms with Crippen molar-refractivity contribution < 1.29 is 27.0 Å². The minimum Gasteiger partial charge on any atom is -0.494 e. The van der Waals surface area contributed by atoms with Crippen LogP contribution in [0, 0.1) is 0 Å². The number of ether oxygens (including phenoxy) is 1. The average Bonchev–Trinajstić information content (AvgIpc) is 2.93. The van der Waals surface area contributed by atoms with Crippen LogP contribution in [0.15, 0.2) is 41.3 Å². The highest BCUT2D eigenvalue weighted by molar-refractivity contribution is 7.86. The monoisotopic (exact) mass is 381 g/mol. The van der Waals surface area contributed by atoms with Crippen molar-refractivity contribution in [3.8, 4) is 5.75 Å². The Kier molecular flexibility index (Phi) is 7.35. The van der Waals surface area contributed by atoms with E-state index < -0.39 is 21.9 Å². The van der Waals surface area contributed by atoms with E-state index in [4.69, 9.17) is 4.74 Å². The molecule has 0 unspecified atom stereocenters. The van der Waals surface area contributed by atoms with Gasteiger partial charge in [0.25, 0.3) is 11.8 Å². The molecule has 1 aromatic carbocycles. The molecule has 142 valence electrons. The summed E-state index contributed by atoms with van der Waals surface area (Å²) in [6.07, 6.45) is 8.82. The van der Waals surface area contributed by atoms with Crippen molar-refractivity contribution in [2.45, 2.75) is 50.3 Å². The van der Waals surface area contributed by atoms with E-state index in [0.29, 0.717) is 12.4 Å². The standard InChI is InChI=1S/C18H23NO6S/c1-2-3-4-5-6-7-14-24-15-8-10-16(11-9-15)26(22,23)25-19-17(20)12-13-18(19)21/h8-13H,2-7,14H2,1H3. The molecule has 26 heavy (non-hydrogen) atoms. The Morgan fingerprint density at radius 3 is 2.08 bits per heavy atom. The lowest BCUT2D eigenvalue weighted by molar-refractivity contribution is -0.161. The summed E-state index contributed by atoms with van der Waals surface area (Å²) in [5.74, 6) is -1.12. The zero-order valence-corrected chi connectivity index (χ0v) is 15.5. The second-order valence-electron chi connectivity index (χ2n) is 5.92. The molecule has 0 aliphatic carbocycles. The summed E-state index contributed by atoms with van der Waals surface area (Å²) < 4.78 is 34.5. The molecule has 0 atom stereocenters. The molecule has 0 radical (unpaired) electrons. The van der Waals surface area contributed by atoms with Crippen LogP contribution in [0.5, 0.6) is 5.75 Å². The number of imide groups is 1. The molecule has 0 saturated heterocycles. The van der Waals surface area contributed by atoms with Crippen molar-refractivity contribution in [1.82, 2.24) is 5.06 Å². The molecule has 7 nitrogen and oxygen atoms in total. The second kappa shape index (κ2) is 9.49. The van der Waals surface area contributed by atoms with Gasteiger partial charge in [-0.25, -0.2) is 0 Å². The van der Waals surface area contributed by atoms with Gasteiger partial charge in [0.2, 0.25) is 0 Å². The Morgan fingerprint density at radius 1 is 0.885 bits per heavy atom. The molecule has 1 aliphatic heterocycles. The smallest absolute Gasteiger partial charge is 0.318 e. The molecule has 0 bridgehead atoms. The number of hydrogen-bond acceptors (Lipinski definition) is 6. The van der Waals surface area contributed by atoms with Crippen LogP contribution in [0.4, 0.5) is 0 Å². The SMILES string of the molecule is CCCCCCCCOc1ccc(S(=O)(=O)ON2C(=O)C=CC2=O)cc1. The van der Waals surface area contributed by atoms with Crippen LogP contribution in [0.25, 0.3) is 0 Å². The van der Waals surface area contributed by atoms with Gasteiger partial charge in [-0.15, -0.1) is 9.35 Å². The van der Waals surface area contributed by atoms with Gasteiger partial charge in [0.15, 0.2) is 0 Å². The molecule has 8 heteroatoms. The van der Waals surface area contributed by atoms with E-state index >= 15 is 0 Å². The van der Waals surface area contributed by atoms with Crippen molar-refractivity contribution in [3.63, 3.8) is 0 Å². The molecule has 1 heterocycles. The van der Waals surface area contributed by atoms with Crippen molar-refractivity contribution in [1.29, 1.82) is 0 Å². The van der Waals surface area contributed by atoms with Crippen LogP contribution in [-0.2, 0) is 24.0 Å². The van der Waals surface area contributed by atoms with Crippen molar-refractivity contribution in [2.24, 2.45) is 0 Å². The van der Waals surface area contributed by atoms with Gasteiger partial charge in [0.1, 0.15) is 5.75 Å². The Balaban J connectivity index is 1.82. The quantitative estimate of drug-likeness (QED) is 0.432. The summed E-state index contributed by atoms with van der Waals surface area (Å²) >= 11 is 0. The Hall–Kier alpha value is -2.19. The van der Waals surface area contributed by atoms with Crippen LogP contribution in [-0.4, -0.2) is 31.9 Å². The number of rotatable bonds is 11. The molecular weight excluding hydrogens is 358 g/mol. The first-order valence-electron chi connectivity index (χ1n) is 8.67. The van der Waals surface area contributed by atoms with E-state index in [1.165, 1.54) is 49.9 Å². The lowest BCUT2D eigenvalue weighted by Crippen LogP contribution is -2.32. The lowest BCUT2D eigenvalue weighted by Gasteiger charge is -2.13. The van der Waals surface area contributed by atoms with E-state index in [-0.39, 0.29) is 9.96 Å². The van der Waals surface area contributed by atoms with Crippen molar-refractivity contribution in [2.75, 3.05) is 6.61 Å². The van der Waals surface area contributed by atoms with E-state index in [1.807, 2.05) is 0 Å². The highest BCUT2D eigenvalue weighted by Crippen LogP contribution is 2.20. The minimum absolute atomic E-state index is 0.170. The van der Waals surface area contributed by atoms with Crippen LogP contribution >= 0.6 is 0 Å². The fourth-order valence-electron chi connectivity index (χ4n) is 2.38. The summed E-state index contributed by atoms with van der Waals surface area (Å²) in [6.45, 7) is 2.74. The van der Waals surface area contributed by atoms with Gasteiger partial charge in [-0.05, 0) is 30.7 Å². The third-order valence-electron chi connectivity index (χ3n) is 3.82. The van der Waals surface area contributed by atoms with Crippen LogP contribution in [0.3, 0.4) is 0 Å².